The van der Waals surface area contributed by atoms with E-state index in [1.807, 2.05) is 26.8 Å². The summed E-state index contributed by atoms with van der Waals surface area (Å²) in [7, 11) is 0. The minimum absolute atomic E-state index is 0.207. The predicted molar refractivity (Wildman–Crippen MR) is 78.7 cm³/mol. The largest absolute Gasteiger partial charge is 0.444 e. The van der Waals surface area contributed by atoms with E-state index >= 15 is 0 Å². The molecule has 0 spiro atoms. The number of rotatable bonds is 3. The molecule has 0 saturated carbocycles. The molecule has 1 aliphatic rings. The number of nitrogens with zero attached hydrogens (tertiary/aromatic N) is 3. The van der Waals surface area contributed by atoms with Crippen LogP contribution in [0.4, 0.5) is 4.79 Å². The molecule has 1 fully saturated rings. The Hall–Kier alpha value is -1.30. The van der Waals surface area contributed by atoms with Crippen molar-refractivity contribution in [2.24, 2.45) is 5.92 Å². The molecule has 0 aliphatic carbocycles. The van der Waals surface area contributed by atoms with Crippen molar-refractivity contribution < 1.29 is 9.53 Å². The second kappa shape index (κ2) is 6.43. The fourth-order valence-corrected chi connectivity index (χ4v) is 2.94. The molecule has 1 aromatic rings. The van der Waals surface area contributed by atoms with Gasteiger partial charge in [0.05, 0.1) is 0 Å². The first-order chi connectivity index (χ1) is 9.44. The van der Waals surface area contributed by atoms with Gasteiger partial charge in [-0.25, -0.2) is 14.8 Å². The first-order valence-corrected chi connectivity index (χ1v) is 7.80. The van der Waals surface area contributed by atoms with Crippen molar-refractivity contribution >= 4 is 17.9 Å². The van der Waals surface area contributed by atoms with E-state index in [9.17, 15) is 4.79 Å². The number of hydrogen-bond acceptors (Lipinski definition) is 5. The van der Waals surface area contributed by atoms with E-state index in [-0.39, 0.29) is 6.09 Å². The number of ether oxygens (including phenoxy) is 1. The van der Waals surface area contributed by atoms with E-state index in [1.54, 1.807) is 29.1 Å². The van der Waals surface area contributed by atoms with Gasteiger partial charge in [-0.3, -0.25) is 0 Å². The Morgan fingerprint density at radius 3 is 2.80 bits per heavy atom. The summed E-state index contributed by atoms with van der Waals surface area (Å²) in [6.45, 7) is 7.20. The number of likely N-dealkylation sites (tertiary alicyclic amines) is 1. The van der Waals surface area contributed by atoms with E-state index in [2.05, 4.69) is 9.97 Å². The van der Waals surface area contributed by atoms with Gasteiger partial charge in [0.2, 0.25) is 0 Å². The van der Waals surface area contributed by atoms with Gasteiger partial charge >= 0.3 is 6.09 Å². The third kappa shape index (κ3) is 4.67. The Labute approximate surface area is 124 Å². The number of carbonyl (C=O) groups excluding carboxylic acids is 1. The summed E-state index contributed by atoms with van der Waals surface area (Å²) in [4.78, 5) is 22.1. The maximum atomic E-state index is 12.0. The minimum Gasteiger partial charge on any atom is -0.444 e. The third-order valence-electron chi connectivity index (χ3n) is 2.93. The van der Waals surface area contributed by atoms with Crippen LogP contribution < -0.4 is 0 Å². The SMILES string of the molecule is CC(C)(C)OC(=O)N1CCC(CSc2ncccn2)C1. The lowest BCUT2D eigenvalue weighted by molar-refractivity contribution is 0.0289. The molecule has 0 bridgehead atoms. The molecule has 1 aromatic heterocycles. The Bertz CT molecular complexity index is 447. The normalized spacial score (nSPS) is 19.1. The highest BCUT2D eigenvalue weighted by Gasteiger charge is 2.29. The average molecular weight is 295 g/mol. The molecular formula is C14H21N3O2S. The maximum absolute atomic E-state index is 12.0. The predicted octanol–water partition coefficient (Wildman–Crippen LogP) is 2.83. The summed E-state index contributed by atoms with van der Waals surface area (Å²) in [5.41, 5.74) is -0.429. The lowest BCUT2D eigenvalue weighted by Gasteiger charge is -2.24. The van der Waals surface area contributed by atoms with E-state index in [1.165, 1.54) is 0 Å². The van der Waals surface area contributed by atoms with Crippen LogP contribution >= 0.6 is 11.8 Å². The summed E-state index contributed by atoms with van der Waals surface area (Å²) < 4.78 is 5.39. The van der Waals surface area contributed by atoms with Crippen LogP contribution in [-0.2, 0) is 4.74 Å². The van der Waals surface area contributed by atoms with E-state index in [0.29, 0.717) is 5.92 Å². The van der Waals surface area contributed by atoms with Gasteiger partial charge in [0.1, 0.15) is 5.60 Å². The van der Waals surface area contributed by atoms with Gasteiger partial charge in [-0.2, -0.15) is 0 Å². The summed E-state index contributed by atoms with van der Waals surface area (Å²) in [5, 5.41) is 0.795. The van der Waals surface area contributed by atoms with Gasteiger partial charge < -0.3 is 9.64 Å². The second-order valence-electron chi connectivity index (χ2n) is 5.92. The van der Waals surface area contributed by atoms with Gasteiger partial charge in [-0.15, -0.1) is 0 Å². The highest BCUT2D eigenvalue weighted by atomic mass is 32.2. The zero-order valence-electron chi connectivity index (χ0n) is 12.2. The van der Waals surface area contributed by atoms with Crippen molar-refractivity contribution in [3.63, 3.8) is 0 Å². The minimum atomic E-state index is -0.429. The van der Waals surface area contributed by atoms with Crippen LogP contribution in [0.1, 0.15) is 27.2 Å². The highest BCUT2D eigenvalue weighted by molar-refractivity contribution is 7.99. The Balaban J connectivity index is 1.76. The average Bonchev–Trinajstić information content (AvgIpc) is 2.84. The monoisotopic (exact) mass is 295 g/mol. The summed E-state index contributed by atoms with van der Waals surface area (Å²) in [6.07, 6.45) is 4.30. The molecule has 1 atom stereocenters. The fourth-order valence-electron chi connectivity index (χ4n) is 2.01. The number of carbonyl (C=O) groups is 1. The second-order valence-corrected chi connectivity index (χ2v) is 6.91. The van der Waals surface area contributed by atoms with Crippen molar-refractivity contribution in [2.45, 2.75) is 37.9 Å². The lowest BCUT2D eigenvalue weighted by Crippen LogP contribution is -2.35. The van der Waals surface area contributed by atoms with Crippen molar-refractivity contribution in [1.82, 2.24) is 14.9 Å². The smallest absolute Gasteiger partial charge is 0.410 e. The van der Waals surface area contributed by atoms with Gasteiger partial charge in [-0.05, 0) is 39.2 Å². The van der Waals surface area contributed by atoms with E-state index in [4.69, 9.17) is 4.74 Å². The summed E-state index contributed by atoms with van der Waals surface area (Å²) >= 11 is 1.64. The quantitative estimate of drug-likeness (QED) is 0.634. The molecule has 2 heterocycles. The first kappa shape index (κ1) is 15.1. The van der Waals surface area contributed by atoms with Gasteiger partial charge in [0.15, 0.2) is 5.16 Å². The molecule has 1 unspecified atom stereocenters. The number of thioether (sulfide) groups is 1. The van der Waals surface area contributed by atoms with Crippen LogP contribution in [0.2, 0.25) is 0 Å². The molecule has 1 aliphatic heterocycles. The van der Waals surface area contributed by atoms with Crippen molar-refractivity contribution in [2.75, 3.05) is 18.8 Å². The standard InChI is InChI=1S/C14H21N3O2S/c1-14(2,3)19-13(18)17-8-5-11(9-17)10-20-12-15-6-4-7-16-12/h4,6-7,11H,5,8-10H2,1-3H3. The van der Waals surface area contributed by atoms with Crippen LogP contribution in [0.3, 0.4) is 0 Å². The molecular weight excluding hydrogens is 274 g/mol. The van der Waals surface area contributed by atoms with Crippen LogP contribution in [0.5, 0.6) is 0 Å². The highest BCUT2D eigenvalue weighted by Crippen LogP contribution is 2.24. The summed E-state index contributed by atoms with van der Waals surface area (Å²) in [6, 6.07) is 1.81. The van der Waals surface area contributed by atoms with Crippen LogP contribution in [0.15, 0.2) is 23.6 Å². The zero-order chi connectivity index (χ0) is 14.6. The van der Waals surface area contributed by atoms with Crippen LogP contribution in [0, 0.1) is 5.92 Å². The Morgan fingerprint density at radius 1 is 1.45 bits per heavy atom. The molecule has 0 N–H and O–H groups in total. The summed E-state index contributed by atoms with van der Waals surface area (Å²) in [5.74, 6) is 1.42. The molecule has 1 saturated heterocycles. The van der Waals surface area contributed by atoms with E-state index < -0.39 is 5.60 Å². The molecule has 6 heteroatoms. The molecule has 110 valence electrons. The molecule has 0 aromatic carbocycles. The van der Waals surface area contributed by atoms with Crippen LogP contribution in [-0.4, -0.2) is 45.4 Å². The van der Waals surface area contributed by atoms with Crippen molar-refractivity contribution in [1.29, 1.82) is 0 Å². The molecule has 20 heavy (non-hydrogen) atoms. The lowest BCUT2D eigenvalue weighted by atomic mass is 10.2. The molecule has 5 nitrogen and oxygen atoms in total. The first-order valence-electron chi connectivity index (χ1n) is 6.82. The Morgan fingerprint density at radius 2 is 2.15 bits per heavy atom. The van der Waals surface area contributed by atoms with Crippen molar-refractivity contribution in [3.8, 4) is 0 Å². The van der Waals surface area contributed by atoms with E-state index in [0.717, 1.165) is 30.4 Å². The fraction of sp³-hybridized carbons (Fsp3) is 0.643. The molecule has 0 radical (unpaired) electrons. The maximum Gasteiger partial charge on any atom is 0.410 e. The Kier molecular flexibility index (Phi) is 4.86. The van der Waals surface area contributed by atoms with Crippen LogP contribution in [0.25, 0.3) is 0 Å². The molecule has 2 rings (SSSR count). The van der Waals surface area contributed by atoms with Gasteiger partial charge in [-0.1, -0.05) is 11.8 Å². The van der Waals surface area contributed by atoms with Gasteiger partial charge in [0.25, 0.3) is 0 Å². The molecule has 1 amide bonds. The number of aromatic nitrogens is 2. The van der Waals surface area contributed by atoms with Crippen molar-refractivity contribution in [3.05, 3.63) is 18.5 Å². The third-order valence-corrected chi connectivity index (χ3v) is 4.03. The van der Waals surface area contributed by atoms with Gasteiger partial charge in [0, 0.05) is 31.2 Å². The zero-order valence-corrected chi connectivity index (χ0v) is 13.0. The number of hydrogen-bond donors (Lipinski definition) is 0. The number of amides is 1. The topological polar surface area (TPSA) is 55.3 Å².